The first kappa shape index (κ1) is 11.7. The maximum absolute atomic E-state index is 4.49. The Hall–Kier alpha value is -0.390. The van der Waals surface area contributed by atoms with Crippen LogP contribution in [0, 0.1) is 0 Å². The number of nitrogens with zero attached hydrogens (tertiary/aromatic N) is 2. The Kier molecular flexibility index (Phi) is 3.23. The fourth-order valence-corrected chi connectivity index (χ4v) is 4.20. The van der Waals surface area contributed by atoms with Crippen LogP contribution in [0.1, 0.15) is 10.4 Å². The van der Waals surface area contributed by atoms with Gasteiger partial charge in [0.15, 0.2) is 0 Å². The summed E-state index contributed by atoms with van der Waals surface area (Å²) in [6.07, 6.45) is 2.97. The van der Waals surface area contributed by atoms with Gasteiger partial charge in [-0.1, -0.05) is 0 Å². The highest BCUT2D eigenvalue weighted by molar-refractivity contribution is 9.11. The van der Waals surface area contributed by atoms with Gasteiger partial charge in [0.25, 0.3) is 0 Å². The van der Waals surface area contributed by atoms with E-state index < -0.39 is 0 Å². The van der Waals surface area contributed by atoms with Crippen molar-refractivity contribution in [2.45, 2.75) is 13.0 Å². The van der Waals surface area contributed by atoms with Crippen molar-refractivity contribution in [2.24, 2.45) is 0 Å². The first-order valence-electron chi connectivity index (χ1n) is 5.35. The van der Waals surface area contributed by atoms with E-state index in [0.29, 0.717) is 0 Å². The number of hydrogen-bond acceptors (Lipinski definition) is 3. The molecule has 0 atom stereocenters. The molecule has 0 saturated carbocycles. The van der Waals surface area contributed by atoms with Crippen molar-refractivity contribution in [3.63, 3.8) is 0 Å². The zero-order valence-electron chi connectivity index (χ0n) is 8.99. The molecule has 0 spiro atoms. The van der Waals surface area contributed by atoms with Crippen molar-refractivity contribution < 1.29 is 0 Å². The third-order valence-corrected chi connectivity index (χ3v) is 4.94. The molecule has 5 heteroatoms. The Morgan fingerprint density at radius 3 is 3.06 bits per heavy atom. The van der Waals surface area contributed by atoms with Crippen LogP contribution < -0.4 is 4.90 Å². The number of thiophene rings is 1. The molecule has 0 amide bonds. The highest BCUT2D eigenvalue weighted by Gasteiger charge is 2.19. The average Bonchev–Trinajstić information content (AvgIpc) is 2.75. The maximum atomic E-state index is 4.49. The van der Waals surface area contributed by atoms with Gasteiger partial charge < -0.3 is 4.90 Å². The molecule has 0 saturated heterocycles. The van der Waals surface area contributed by atoms with Crippen molar-refractivity contribution in [2.75, 3.05) is 11.4 Å². The van der Waals surface area contributed by atoms with Gasteiger partial charge in [-0.15, -0.1) is 11.3 Å². The summed E-state index contributed by atoms with van der Waals surface area (Å²) in [6, 6.07) is 4.27. The van der Waals surface area contributed by atoms with Gasteiger partial charge in [-0.05, 0) is 61.4 Å². The van der Waals surface area contributed by atoms with Gasteiger partial charge >= 0.3 is 0 Å². The molecule has 2 nitrogen and oxygen atoms in total. The zero-order chi connectivity index (χ0) is 11.8. The number of rotatable bonds is 1. The lowest BCUT2D eigenvalue weighted by molar-refractivity contribution is 0.730. The summed E-state index contributed by atoms with van der Waals surface area (Å²) in [5, 5.41) is 2.18. The second-order valence-electron chi connectivity index (χ2n) is 4.00. The van der Waals surface area contributed by atoms with Crippen LogP contribution in [0.5, 0.6) is 0 Å². The van der Waals surface area contributed by atoms with Gasteiger partial charge in [0.05, 0.1) is 4.47 Å². The smallest absolute Gasteiger partial charge is 0.143 e. The summed E-state index contributed by atoms with van der Waals surface area (Å²) in [5.74, 6) is 1.03. The first-order chi connectivity index (χ1) is 8.24. The lowest BCUT2D eigenvalue weighted by atomic mass is 10.1. The predicted molar refractivity (Wildman–Crippen MR) is 78.7 cm³/mol. The fraction of sp³-hybridized carbons (Fsp3) is 0.250. The van der Waals surface area contributed by atoms with Gasteiger partial charge in [0.1, 0.15) is 5.82 Å². The largest absolute Gasteiger partial charge is 0.351 e. The first-order valence-corrected chi connectivity index (χ1v) is 7.82. The van der Waals surface area contributed by atoms with E-state index in [4.69, 9.17) is 0 Å². The summed E-state index contributed by atoms with van der Waals surface area (Å²) < 4.78 is 2.05. The van der Waals surface area contributed by atoms with E-state index in [1.165, 1.54) is 10.4 Å². The van der Waals surface area contributed by atoms with Crippen LogP contribution in [0.3, 0.4) is 0 Å². The monoisotopic (exact) mass is 372 g/mol. The number of hydrogen-bond donors (Lipinski definition) is 0. The third kappa shape index (κ3) is 2.28. The highest BCUT2D eigenvalue weighted by atomic mass is 79.9. The molecule has 0 bridgehead atoms. The predicted octanol–water partition coefficient (Wildman–Crippen LogP) is 4.23. The number of aromatic nitrogens is 1. The lowest BCUT2D eigenvalue weighted by Gasteiger charge is -2.28. The Morgan fingerprint density at radius 2 is 2.24 bits per heavy atom. The molecule has 2 aromatic rings. The summed E-state index contributed by atoms with van der Waals surface area (Å²) in [4.78, 5) is 8.34. The van der Waals surface area contributed by atoms with Gasteiger partial charge in [0, 0.05) is 28.6 Å². The van der Waals surface area contributed by atoms with E-state index in [1.807, 2.05) is 23.6 Å². The molecule has 2 aromatic heterocycles. The molecule has 0 aliphatic carbocycles. The molecule has 0 radical (unpaired) electrons. The van der Waals surface area contributed by atoms with Gasteiger partial charge in [-0.25, -0.2) is 4.98 Å². The van der Waals surface area contributed by atoms with Gasteiger partial charge in [-0.3, -0.25) is 0 Å². The molecule has 3 heterocycles. The van der Waals surface area contributed by atoms with Crippen molar-refractivity contribution in [1.82, 2.24) is 4.98 Å². The second kappa shape index (κ2) is 4.71. The number of anilines is 1. The van der Waals surface area contributed by atoms with E-state index in [-0.39, 0.29) is 0 Å². The van der Waals surface area contributed by atoms with Crippen LogP contribution in [-0.4, -0.2) is 11.5 Å². The number of halogens is 2. The summed E-state index contributed by atoms with van der Waals surface area (Å²) >= 11 is 8.88. The molecular formula is C12H10Br2N2S. The molecule has 0 fully saturated rings. The number of pyridine rings is 1. The average molecular weight is 374 g/mol. The number of fused-ring (bicyclic) bond motifs is 1. The molecule has 17 heavy (non-hydrogen) atoms. The van der Waals surface area contributed by atoms with Crippen LogP contribution in [0.2, 0.25) is 0 Å². The van der Waals surface area contributed by atoms with Crippen LogP contribution in [-0.2, 0) is 13.0 Å². The summed E-state index contributed by atoms with van der Waals surface area (Å²) in [6.45, 7) is 2.01. The standard InChI is InChI=1S/C12H10Br2N2S/c13-9-5-10(14)12(15-6-9)16-3-1-11-8(7-16)2-4-17-11/h2,4-6H,1,3,7H2. The molecule has 0 aromatic carbocycles. The molecule has 0 unspecified atom stereocenters. The molecule has 3 rings (SSSR count). The van der Waals surface area contributed by atoms with Crippen LogP contribution >= 0.6 is 43.2 Å². The Morgan fingerprint density at radius 1 is 1.35 bits per heavy atom. The molecule has 1 aliphatic heterocycles. The highest BCUT2D eigenvalue weighted by Crippen LogP contribution is 2.31. The summed E-state index contributed by atoms with van der Waals surface area (Å²) in [5.41, 5.74) is 1.44. The Labute approximate surface area is 121 Å². The van der Waals surface area contributed by atoms with E-state index in [2.05, 4.69) is 53.2 Å². The van der Waals surface area contributed by atoms with Crippen molar-refractivity contribution in [3.8, 4) is 0 Å². The maximum Gasteiger partial charge on any atom is 0.143 e. The van der Waals surface area contributed by atoms with Gasteiger partial charge in [0.2, 0.25) is 0 Å². The minimum absolute atomic E-state index is 0.964. The molecule has 1 aliphatic rings. The van der Waals surface area contributed by atoms with Crippen molar-refractivity contribution in [1.29, 1.82) is 0 Å². The van der Waals surface area contributed by atoms with E-state index in [0.717, 1.165) is 34.3 Å². The fourth-order valence-electron chi connectivity index (χ4n) is 2.07. The van der Waals surface area contributed by atoms with E-state index in [1.54, 1.807) is 0 Å². The zero-order valence-corrected chi connectivity index (χ0v) is 13.0. The molecular weight excluding hydrogens is 364 g/mol. The van der Waals surface area contributed by atoms with E-state index >= 15 is 0 Å². The third-order valence-electron chi connectivity index (χ3n) is 2.90. The second-order valence-corrected chi connectivity index (χ2v) is 6.77. The van der Waals surface area contributed by atoms with Crippen LogP contribution in [0.4, 0.5) is 5.82 Å². The normalized spacial score (nSPS) is 14.8. The van der Waals surface area contributed by atoms with Crippen molar-refractivity contribution in [3.05, 3.63) is 43.1 Å². The lowest BCUT2D eigenvalue weighted by Crippen LogP contribution is -2.30. The van der Waals surface area contributed by atoms with E-state index in [9.17, 15) is 0 Å². The molecule has 88 valence electrons. The van der Waals surface area contributed by atoms with Gasteiger partial charge in [-0.2, -0.15) is 0 Å². The summed E-state index contributed by atoms with van der Waals surface area (Å²) in [7, 11) is 0. The quantitative estimate of drug-likeness (QED) is 0.743. The minimum atomic E-state index is 0.964. The Balaban J connectivity index is 1.91. The van der Waals surface area contributed by atoms with Crippen molar-refractivity contribution >= 4 is 49.0 Å². The van der Waals surface area contributed by atoms with Crippen LogP contribution in [0.25, 0.3) is 0 Å². The SMILES string of the molecule is Brc1cnc(N2CCc3sccc3C2)c(Br)c1. The molecule has 0 N–H and O–H groups in total. The Bertz CT molecular complexity index is 553. The topological polar surface area (TPSA) is 16.1 Å². The minimum Gasteiger partial charge on any atom is -0.351 e. The van der Waals surface area contributed by atoms with Crippen LogP contribution in [0.15, 0.2) is 32.7 Å².